The van der Waals surface area contributed by atoms with E-state index in [4.69, 9.17) is 14.2 Å². The van der Waals surface area contributed by atoms with E-state index in [9.17, 15) is 9.90 Å². The van der Waals surface area contributed by atoms with Gasteiger partial charge in [-0.05, 0) is 35.0 Å². The maximum Gasteiger partial charge on any atom is 0.343 e. The third kappa shape index (κ3) is 2.96. The minimum absolute atomic E-state index is 0.139. The molecule has 5 heteroatoms. The van der Waals surface area contributed by atoms with Crippen molar-refractivity contribution in [2.24, 2.45) is 0 Å². The van der Waals surface area contributed by atoms with Gasteiger partial charge < -0.3 is 19.3 Å². The van der Waals surface area contributed by atoms with Gasteiger partial charge in [0.2, 0.25) is 5.75 Å². The maximum atomic E-state index is 12.4. The number of benzene rings is 3. The molecule has 0 aliphatic rings. The van der Waals surface area contributed by atoms with Crippen LogP contribution < -0.4 is 14.2 Å². The number of phenolic OH excluding ortho intramolecular Hbond substituents is 1. The minimum Gasteiger partial charge on any atom is -0.502 e. The third-order valence-corrected chi connectivity index (χ3v) is 3.65. The van der Waals surface area contributed by atoms with Crippen LogP contribution in [0.3, 0.4) is 0 Å². The Bertz CT molecular complexity index is 876. The second-order valence-corrected chi connectivity index (χ2v) is 5.13. The molecule has 0 radical (unpaired) electrons. The van der Waals surface area contributed by atoms with Gasteiger partial charge in [0.1, 0.15) is 5.75 Å². The first kappa shape index (κ1) is 15.7. The van der Waals surface area contributed by atoms with Gasteiger partial charge in [-0.25, -0.2) is 4.79 Å². The largest absolute Gasteiger partial charge is 0.502 e. The molecule has 0 aromatic heterocycles. The van der Waals surface area contributed by atoms with Crippen LogP contribution in [0.5, 0.6) is 23.0 Å². The van der Waals surface area contributed by atoms with Crippen molar-refractivity contribution in [1.29, 1.82) is 0 Å². The topological polar surface area (TPSA) is 65.0 Å². The number of methoxy groups -OCH3 is 2. The summed E-state index contributed by atoms with van der Waals surface area (Å²) in [6.45, 7) is 0. The average Bonchev–Trinajstić information content (AvgIpc) is 2.61. The fourth-order valence-corrected chi connectivity index (χ4v) is 2.41. The van der Waals surface area contributed by atoms with Crippen LogP contribution in [0.15, 0.2) is 54.6 Å². The molecule has 0 heterocycles. The van der Waals surface area contributed by atoms with E-state index < -0.39 is 5.97 Å². The predicted octanol–water partition coefficient (Wildman–Crippen LogP) is 3.78. The van der Waals surface area contributed by atoms with Gasteiger partial charge in [0.05, 0.1) is 19.8 Å². The zero-order chi connectivity index (χ0) is 17.1. The van der Waals surface area contributed by atoms with Gasteiger partial charge in [-0.15, -0.1) is 0 Å². The van der Waals surface area contributed by atoms with Crippen molar-refractivity contribution in [3.8, 4) is 23.0 Å². The van der Waals surface area contributed by atoms with E-state index in [1.165, 1.54) is 26.4 Å². The number of carbonyl (C=O) groups is 1. The number of aromatic hydroxyl groups is 1. The molecule has 3 aromatic rings. The Kier molecular flexibility index (Phi) is 4.24. The van der Waals surface area contributed by atoms with Crippen LogP contribution in [-0.4, -0.2) is 25.3 Å². The monoisotopic (exact) mass is 324 g/mol. The summed E-state index contributed by atoms with van der Waals surface area (Å²) in [6.07, 6.45) is 0. The van der Waals surface area contributed by atoms with Gasteiger partial charge in [-0.2, -0.15) is 0 Å². The third-order valence-electron chi connectivity index (χ3n) is 3.65. The Morgan fingerprint density at radius 3 is 2.12 bits per heavy atom. The summed E-state index contributed by atoms with van der Waals surface area (Å²) in [5.41, 5.74) is 0.217. The first-order valence-corrected chi connectivity index (χ1v) is 7.28. The lowest BCUT2D eigenvalue weighted by molar-refractivity contribution is 0.0734. The molecule has 3 rings (SSSR count). The average molecular weight is 324 g/mol. The molecule has 0 spiro atoms. The highest BCUT2D eigenvalue weighted by Gasteiger charge is 2.17. The highest BCUT2D eigenvalue weighted by atomic mass is 16.5. The van der Waals surface area contributed by atoms with Gasteiger partial charge in [0.25, 0.3) is 0 Å². The quantitative estimate of drug-likeness (QED) is 0.584. The first-order valence-electron chi connectivity index (χ1n) is 7.28. The van der Waals surface area contributed by atoms with Crippen LogP contribution in [-0.2, 0) is 0 Å². The summed E-state index contributed by atoms with van der Waals surface area (Å²) in [5, 5.41) is 11.9. The normalized spacial score (nSPS) is 10.4. The molecule has 3 aromatic carbocycles. The zero-order valence-corrected chi connectivity index (χ0v) is 13.3. The Balaban J connectivity index is 1.91. The molecule has 0 bridgehead atoms. The second kappa shape index (κ2) is 6.50. The van der Waals surface area contributed by atoms with E-state index >= 15 is 0 Å². The van der Waals surface area contributed by atoms with Crippen molar-refractivity contribution in [3.63, 3.8) is 0 Å². The van der Waals surface area contributed by atoms with E-state index in [1.54, 1.807) is 12.1 Å². The van der Waals surface area contributed by atoms with E-state index in [0.717, 1.165) is 10.8 Å². The van der Waals surface area contributed by atoms with Crippen molar-refractivity contribution in [2.75, 3.05) is 14.2 Å². The molecule has 0 atom stereocenters. The van der Waals surface area contributed by atoms with Gasteiger partial charge in [-0.3, -0.25) is 0 Å². The van der Waals surface area contributed by atoms with Gasteiger partial charge in [-0.1, -0.05) is 30.3 Å². The number of fused-ring (bicyclic) bond motifs is 1. The standard InChI is InChI=1S/C19H16O5/c1-22-16-10-14(11-17(23-2)18(16)20)19(21)24-15-8-7-12-5-3-4-6-13(12)9-15/h3-11,20H,1-2H3. The Morgan fingerprint density at radius 2 is 1.50 bits per heavy atom. The summed E-state index contributed by atoms with van der Waals surface area (Å²) >= 11 is 0. The fraction of sp³-hybridized carbons (Fsp3) is 0.105. The lowest BCUT2D eigenvalue weighted by Gasteiger charge is -2.11. The van der Waals surface area contributed by atoms with Crippen molar-refractivity contribution in [2.45, 2.75) is 0 Å². The molecular formula is C19H16O5. The summed E-state index contributed by atoms with van der Waals surface area (Å²) in [5.74, 6) is -0.0199. The van der Waals surface area contributed by atoms with Gasteiger partial charge in [0, 0.05) is 0 Å². The van der Waals surface area contributed by atoms with Crippen LogP contribution in [0, 0.1) is 0 Å². The summed E-state index contributed by atoms with van der Waals surface area (Å²) in [6, 6.07) is 16.0. The minimum atomic E-state index is -0.568. The highest BCUT2D eigenvalue weighted by Crippen LogP contribution is 2.37. The van der Waals surface area contributed by atoms with Crippen molar-refractivity contribution in [1.82, 2.24) is 0 Å². The van der Waals surface area contributed by atoms with Crippen LogP contribution >= 0.6 is 0 Å². The van der Waals surface area contributed by atoms with Crippen LogP contribution in [0.4, 0.5) is 0 Å². The van der Waals surface area contributed by atoms with Crippen LogP contribution in [0.25, 0.3) is 10.8 Å². The molecule has 0 saturated heterocycles. The number of carbonyl (C=O) groups excluding carboxylic acids is 1. The molecule has 0 fully saturated rings. The predicted molar refractivity (Wildman–Crippen MR) is 90.1 cm³/mol. The van der Waals surface area contributed by atoms with Crippen molar-refractivity contribution >= 4 is 16.7 Å². The number of hydrogen-bond donors (Lipinski definition) is 1. The zero-order valence-electron chi connectivity index (χ0n) is 13.3. The van der Waals surface area contributed by atoms with Crippen LogP contribution in [0.2, 0.25) is 0 Å². The first-order chi connectivity index (χ1) is 11.6. The summed E-state index contributed by atoms with van der Waals surface area (Å²) in [7, 11) is 2.79. The second-order valence-electron chi connectivity index (χ2n) is 5.13. The molecule has 5 nitrogen and oxygen atoms in total. The summed E-state index contributed by atoms with van der Waals surface area (Å²) < 4.78 is 15.5. The molecule has 0 saturated carbocycles. The molecule has 1 N–H and O–H groups in total. The summed E-state index contributed by atoms with van der Waals surface area (Å²) in [4.78, 5) is 12.4. The number of esters is 1. The Hall–Kier alpha value is -3.21. The SMILES string of the molecule is COc1cc(C(=O)Oc2ccc3ccccc3c2)cc(OC)c1O. The van der Waals surface area contributed by atoms with E-state index in [-0.39, 0.29) is 22.8 Å². The molecule has 0 aliphatic heterocycles. The van der Waals surface area contributed by atoms with Crippen LogP contribution in [0.1, 0.15) is 10.4 Å². The molecular weight excluding hydrogens is 308 g/mol. The molecule has 0 aliphatic carbocycles. The van der Waals surface area contributed by atoms with Crippen molar-refractivity contribution in [3.05, 3.63) is 60.2 Å². The van der Waals surface area contributed by atoms with E-state index in [0.29, 0.717) is 5.75 Å². The Labute approximate surface area is 139 Å². The Morgan fingerprint density at radius 1 is 0.875 bits per heavy atom. The molecule has 0 amide bonds. The smallest absolute Gasteiger partial charge is 0.343 e. The van der Waals surface area contributed by atoms with Gasteiger partial charge in [0.15, 0.2) is 11.5 Å². The van der Waals surface area contributed by atoms with Gasteiger partial charge >= 0.3 is 5.97 Å². The lowest BCUT2D eigenvalue weighted by atomic mass is 10.1. The van der Waals surface area contributed by atoms with E-state index in [1.807, 2.05) is 30.3 Å². The number of rotatable bonds is 4. The van der Waals surface area contributed by atoms with Crippen molar-refractivity contribution < 1.29 is 24.1 Å². The maximum absolute atomic E-state index is 12.4. The highest BCUT2D eigenvalue weighted by molar-refractivity contribution is 5.93. The number of ether oxygens (including phenoxy) is 3. The molecule has 0 unspecified atom stereocenters. The number of hydrogen-bond acceptors (Lipinski definition) is 5. The lowest BCUT2D eigenvalue weighted by Crippen LogP contribution is -2.09. The van der Waals surface area contributed by atoms with E-state index in [2.05, 4.69) is 0 Å². The number of phenols is 1. The molecule has 24 heavy (non-hydrogen) atoms. The fourth-order valence-electron chi connectivity index (χ4n) is 2.41. The molecule has 122 valence electrons.